The Bertz CT molecular complexity index is 1070. The average molecular weight is 701 g/mol. The van der Waals surface area contributed by atoms with Gasteiger partial charge in [-0.3, -0.25) is 4.55 Å². The van der Waals surface area contributed by atoms with Gasteiger partial charge in [-0.15, -0.1) is 0 Å². The summed E-state index contributed by atoms with van der Waals surface area (Å²) in [5.41, 5.74) is 6.07. The SMILES string of the molecule is CC(COS(=O)(=O)O)C(O)CCC(C)C1CCC2C3C(O)CC4CC(NCCCNCCCCNCCCN)CCC4(C)C3CCC12C. The molecule has 12 atom stereocenters. The molecule has 4 aliphatic carbocycles. The van der Waals surface area contributed by atoms with Crippen molar-refractivity contribution < 1.29 is 27.4 Å². The number of nitrogens with two attached hydrogens (primary N) is 1. The largest absolute Gasteiger partial charge is 0.397 e. The molecule has 4 fully saturated rings. The first-order valence-corrected chi connectivity index (χ1v) is 21.0. The van der Waals surface area contributed by atoms with Crippen molar-refractivity contribution in [2.45, 2.75) is 136 Å². The van der Waals surface area contributed by atoms with E-state index >= 15 is 0 Å². The predicted molar refractivity (Wildman–Crippen MR) is 193 cm³/mol. The second kappa shape index (κ2) is 18.4. The standard InChI is InChI=1S/C37H72N4O6S/c1-26(9-12-33(42)27(2)25-47-48(44,45)46)30-10-11-31-35-32(14-16-37(30,31)4)36(3)15-13-29(23-28(36)24-34(35)43)41-22-8-21-40-19-6-5-18-39-20-7-17-38/h26-35,39-43H,5-25,38H2,1-4H3,(H,44,45,46). The lowest BCUT2D eigenvalue weighted by Gasteiger charge is -2.62. The fourth-order valence-electron chi connectivity index (χ4n) is 11.1. The molecule has 0 saturated heterocycles. The summed E-state index contributed by atoms with van der Waals surface area (Å²) in [5, 5.41) is 33.4. The topological polar surface area (TPSA) is 166 Å². The Labute approximate surface area is 292 Å². The number of nitrogens with one attached hydrogen (secondary N) is 3. The third-order valence-corrected chi connectivity index (χ3v) is 14.4. The van der Waals surface area contributed by atoms with E-state index in [4.69, 9.17) is 10.3 Å². The van der Waals surface area contributed by atoms with Gasteiger partial charge in [-0.1, -0.05) is 27.7 Å². The second-order valence-corrected chi connectivity index (χ2v) is 18.1. The molecule has 10 nitrogen and oxygen atoms in total. The zero-order valence-electron chi connectivity index (χ0n) is 30.7. The van der Waals surface area contributed by atoms with Gasteiger partial charge in [0.2, 0.25) is 0 Å². The highest BCUT2D eigenvalue weighted by molar-refractivity contribution is 7.80. The van der Waals surface area contributed by atoms with Gasteiger partial charge in [0, 0.05) is 12.0 Å². The lowest BCUT2D eigenvalue weighted by atomic mass is 9.43. The van der Waals surface area contributed by atoms with Gasteiger partial charge in [-0.05, 0) is 175 Å². The van der Waals surface area contributed by atoms with Crippen molar-refractivity contribution in [3.8, 4) is 0 Å². The van der Waals surface area contributed by atoms with Crippen LogP contribution in [0.25, 0.3) is 0 Å². The number of hydrogen-bond donors (Lipinski definition) is 7. The van der Waals surface area contributed by atoms with Crippen LogP contribution in [-0.2, 0) is 14.6 Å². The number of aliphatic hydroxyl groups excluding tert-OH is 2. The molecule has 8 N–H and O–H groups in total. The molecule has 0 aromatic heterocycles. The molecular weight excluding hydrogens is 628 g/mol. The molecular formula is C37H72N4O6S. The van der Waals surface area contributed by atoms with Gasteiger partial charge in [-0.25, -0.2) is 4.18 Å². The van der Waals surface area contributed by atoms with E-state index in [-0.39, 0.29) is 24.0 Å². The highest BCUT2D eigenvalue weighted by atomic mass is 32.3. The molecule has 4 rings (SSSR count). The molecule has 0 aromatic rings. The average Bonchev–Trinajstić information content (AvgIpc) is 3.40. The molecule has 12 unspecified atom stereocenters. The summed E-state index contributed by atoms with van der Waals surface area (Å²) in [6.07, 6.45) is 14.7. The molecule has 282 valence electrons. The molecule has 0 spiro atoms. The Balaban J connectivity index is 1.20. The maximum absolute atomic E-state index is 11.8. The minimum Gasteiger partial charge on any atom is -0.393 e. The summed E-state index contributed by atoms with van der Waals surface area (Å²) in [6, 6.07) is 0.565. The monoisotopic (exact) mass is 701 g/mol. The Hall–Kier alpha value is -0.370. The zero-order chi connectivity index (χ0) is 35.0. The molecule has 0 aliphatic heterocycles. The molecule has 0 aromatic carbocycles. The van der Waals surface area contributed by atoms with Crippen LogP contribution in [0, 0.1) is 52.3 Å². The van der Waals surface area contributed by atoms with Crippen molar-refractivity contribution >= 4 is 10.4 Å². The predicted octanol–water partition coefficient (Wildman–Crippen LogP) is 4.51. The van der Waals surface area contributed by atoms with Crippen LogP contribution >= 0.6 is 0 Å². The molecule has 48 heavy (non-hydrogen) atoms. The Kier molecular flexibility index (Phi) is 15.5. The van der Waals surface area contributed by atoms with Crippen LogP contribution in [0.15, 0.2) is 0 Å². The summed E-state index contributed by atoms with van der Waals surface area (Å²) in [7, 11) is -4.50. The minimum atomic E-state index is -4.50. The van der Waals surface area contributed by atoms with Crippen molar-refractivity contribution in [1.82, 2.24) is 16.0 Å². The number of fused-ring (bicyclic) bond motifs is 5. The molecule has 4 aliphatic rings. The van der Waals surface area contributed by atoms with E-state index in [1.54, 1.807) is 6.92 Å². The van der Waals surface area contributed by atoms with E-state index in [0.29, 0.717) is 53.4 Å². The van der Waals surface area contributed by atoms with Gasteiger partial charge in [0.25, 0.3) is 0 Å². The van der Waals surface area contributed by atoms with Gasteiger partial charge in [0.15, 0.2) is 0 Å². The summed E-state index contributed by atoms with van der Waals surface area (Å²) < 4.78 is 35.3. The molecule has 0 bridgehead atoms. The zero-order valence-corrected chi connectivity index (χ0v) is 31.5. The summed E-state index contributed by atoms with van der Waals surface area (Å²) >= 11 is 0. The van der Waals surface area contributed by atoms with E-state index in [0.717, 1.165) is 65.0 Å². The summed E-state index contributed by atoms with van der Waals surface area (Å²) in [5.74, 6) is 2.76. The van der Waals surface area contributed by atoms with E-state index in [1.807, 2.05) is 0 Å². The third-order valence-electron chi connectivity index (χ3n) is 14.0. The maximum Gasteiger partial charge on any atom is 0.397 e. The third kappa shape index (κ3) is 10.4. The number of hydrogen-bond acceptors (Lipinski definition) is 9. The van der Waals surface area contributed by atoms with Crippen LogP contribution in [0.1, 0.15) is 118 Å². The molecule has 0 amide bonds. The quantitative estimate of drug-likeness (QED) is 0.0670. The number of unbranched alkanes of at least 4 members (excludes halogenated alkanes) is 1. The molecule has 11 heteroatoms. The fourth-order valence-corrected chi connectivity index (χ4v) is 11.5. The van der Waals surface area contributed by atoms with Crippen LogP contribution in [0.5, 0.6) is 0 Å². The Morgan fingerprint density at radius 3 is 2.19 bits per heavy atom. The van der Waals surface area contributed by atoms with Crippen molar-refractivity contribution in [3.05, 3.63) is 0 Å². The Morgan fingerprint density at radius 2 is 1.50 bits per heavy atom. The smallest absolute Gasteiger partial charge is 0.393 e. The van der Waals surface area contributed by atoms with Crippen LogP contribution in [-0.4, -0.2) is 87.3 Å². The van der Waals surface area contributed by atoms with E-state index in [2.05, 4.69) is 40.9 Å². The van der Waals surface area contributed by atoms with Crippen LogP contribution in [0.2, 0.25) is 0 Å². The molecule has 4 saturated carbocycles. The van der Waals surface area contributed by atoms with E-state index < -0.39 is 16.5 Å². The number of aliphatic hydroxyl groups is 2. The van der Waals surface area contributed by atoms with Crippen molar-refractivity contribution in [2.75, 3.05) is 45.9 Å². The summed E-state index contributed by atoms with van der Waals surface area (Å²) in [4.78, 5) is 0. The minimum absolute atomic E-state index is 0.212. The molecule has 0 heterocycles. The van der Waals surface area contributed by atoms with Crippen LogP contribution < -0.4 is 21.7 Å². The van der Waals surface area contributed by atoms with Crippen molar-refractivity contribution in [3.63, 3.8) is 0 Å². The first kappa shape index (κ1) is 40.4. The first-order valence-electron chi connectivity index (χ1n) is 19.6. The highest BCUT2D eigenvalue weighted by Gasteiger charge is 2.62. The first-order chi connectivity index (χ1) is 22.8. The number of rotatable bonds is 21. The van der Waals surface area contributed by atoms with Crippen molar-refractivity contribution in [2.24, 2.45) is 58.0 Å². The van der Waals surface area contributed by atoms with Crippen LogP contribution in [0.4, 0.5) is 0 Å². The second-order valence-electron chi connectivity index (χ2n) is 17.0. The Morgan fingerprint density at radius 1 is 0.854 bits per heavy atom. The van der Waals surface area contributed by atoms with E-state index in [9.17, 15) is 18.6 Å². The maximum atomic E-state index is 11.8. The summed E-state index contributed by atoms with van der Waals surface area (Å²) in [6.45, 7) is 15.0. The van der Waals surface area contributed by atoms with E-state index in [1.165, 1.54) is 57.8 Å². The van der Waals surface area contributed by atoms with Gasteiger partial charge in [0.1, 0.15) is 0 Å². The van der Waals surface area contributed by atoms with Gasteiger partial charge in [-0.2, -0.15) is 8.42 Å². The van der Waals surface area contributed by atoms with Crippen molar-refractivity contribution in [1.29, 1.82) is 0 Å². The normalized spacial score (nSPS) is 37.0. The van der Waals surface area contributed by atoms with Gasteiger partial charge < -0.3 is 31.9 Å². The lowest BCUT2D eigenvalue weighted by Crippen LogP contribution is -2.59. The highest BCUT2D eigenvalue weighted by Crippen LogP contribution is 2.68. The van der Waals surface area contributed by atoms with Gasteiger partial charge >= 0.3 is 10.4 Å². The molecule has 0 radical (unpaired) electrons. The lowest BCUT2D eigenvalue weighted by molar-refractivity contribution is -0.167. The van der Waals surface area contributed by atoms with Crippen LogP contribution in [0.3, 0.4) is 0 Å². The fraction of sp³-hybridized carbons (Fsp3) is 1.00. The van der Waals surface area contributed by atoms with Gasteiger partial charge in [0.05, 0.1) is 18.8 Å².